The normalized spacial score (nSPS) is 10.4. The maximum atomic E-state index is 12.1. The van der Waals surface area contributed by atoms with Gasteiger partial charge < -0.3 is 10.4 Å². The zero-order valence-electron chi connectivity index (χ0n) is 11.7. The fourth-order valence-electron chi connectivity index (χ4n) is 2.01. The first-order chi connectivity index (χ1) is 10.7. The van der Waals surface area contributed by atoms with Gasteiger partial charge in [0.25, 0.3) is 5.91 Å². The third-order valence-corrected chi connectivity index (χ3v) is 3.15. The van der Waals surface area contributed by atoms with Gasteiger partial charge in [0.1, 0.15) is 11.4 Å². The van der Waals surface area contributed by atoms with Crippen LogP contribution in [-0.4, -0.2) is 26.0 Å². The molecule has 3 rings (SSSR count). The highest BCUT2D eigenvalue weighted by Crippen LogP contribution is 2.19. The summed E-state index contributed by atoms with van der Waals surface area (Å²) in [5.41, 5.74) is 1.67. The molecule has 1 heterocycles. The van der Waals surface area contributed by atoms with Gasteiger partial charge in [-0.15, -0.1) is 5.10 Å². The Bertz CT molecular complexity index is 784. The summed E-state index contributed by atoms with van der Waals surface area (Å²) in [4.78, 5) is 12.1. The van der Waals surface area contributed by atoms with Gasteiger partial charge in [0, 0.05) is 6.54 Å². The highest BCUT2D eigenvalue weighted by molar-refractivity contribution is 5.91. The van der Waals surface area contributed by atoms with Crippen molar-refractivity contribution in [3.8, 4) is 11.4 Å². The van der Waals surface area contributed by atoms with Crippen LogP contribution in [0.25, 0.3) is 5.69 Å². The van der Waals surface area contributed by atoms with E-state index in [-0.39, 0.29) is 17.4 Å². The van der Waals surface area contributed by atoms with E-state index >= 15 is 0 Å². The predicted octanol–water partition coefficient (Wildman–Crippen LogP) is 1.90. The summed E-state index contributed by atoms with van der Waals surface area (Å²) in [6, 6.07) is 16.3. The Hall–Kier alpha value is -3.15. The van der Waals surface area contributed by atoms with Crippen molar-refractivity contribution in [3.63, 3.8) is 0 Å². The molecule has 22 heavy (non-hydrogen) atoms. The number of amides is 1. The van der Waals surface area contributed by atoms with E-state index in [2.05, 4.69) is 15.6 Å². The molecule has 110 valence electrons. The molecule has 0 saturated carbocycles. The van der Waals surface area contributed by atoms with E-state index in [0.29, 0.717) is 12.2 Å². The monoisotopic (exact) mass is 294 g/mol. The number of nitrogens with zero attached hydrogens (tertiary/aromatic N) is 3. The van der Waals surface area contributed by atoms with Crippen LogP contribution in [0.1, 0.15) is 16.1 Å². The van der Waals surface area contributed by atoms with Crippen molar-refractivity contribution < 1.29 is 9.90 Å². The number of hydrogen-bond acceptors (Lipinski definition) is 4. The van der Waals surface area contributed by atoms with Crippen LogP contribution in [-0.2, 0) is 6.54 Å². The van der Waals surface area contributed by atoms with E-state index in [0.717, 1.165) is 5.56 Å². The zero-order chi connectivity index (χ0) is 15.4. The second-order valence-electron chi connectivity index (χ2n) is 4.71. The summed E-state index contributed by atoms with van der Waals surface area (Å²) in [6.45, 7) is 0.420. The maximum absolute atomic E-state index is 12.1. The number of aromatic nitrogens is 3. The molecule has 2 aromatic carbocycles. The molecule has 1 aromatic heterocycles. The highest BCUT2D eigenvalue weighted by Gasteiger charge is 2.12. The van der Waals surface area contributed by atoms with E-state index in [1.807, 2.05) is 30.3 Å². The van der Waals surface area contributed by atoms with E-state index in [1.54, 1.807) is 24.3 Å². The van der Waals surface area contributed by atoms with Gasteiger partial charge in [-0.25, -0.2) is 4.68 Å². The first kappa shape index (κ1) is 13.8. The SMILES string of the molecule is O=C(NCc1ccccc1)c1cn(-c2ccccc2O)nn1. The number of nitrogens with one attached hydrogen (secondary N) is 1. The Kier molecular flexibility index (Phi) is 3.82. The molecule has 0 atom stereocenters. The Morgan fingerprint density at radius 3 is 2.59 bits per heavy atom. The summed E-state index contributed by atoms with van der Waals surface area (Å²) in [7, 11) is 0. The molecule has 0 radical (unpaired) electrons. The number of aromatic hydroxyl groups is 1. The first-order valence-corrected chi connectivity index (χ1v) is 6.77. The van der Waals surface area contributed by atoms with Crippen molar-refractivity contribution in [1.29, 1.82) is 0 Å². The highest BCUT2D eigenvalue weighted by atomic mass is 16.3. The average molecular weight is 294 g/mol. The molecular weight excluding hydrogens is 280 g/mol. The van der Waals surface area contributed by atoms with Crippen molar-refractivity contribution in [2.24, 2.45) is 0 Å². The van der Waals surface area contributed by atoms with Crippen molar-refractivity contribution in [2.45, 2.75) is 6.54 Å². The van der Waals surface area contributed by atoms with E-state index in [9.17, 15) is 9.90 Å². The number of carbonyl (C=O) groups excluding carboxylic acids is 1. The summed E-state index contributed by atoms with van der Waals surface area (Å²) in [5, 5.41) is 20.3. The van der Waals surface area contributed by atoms with Gasteiger partial charge in [-0.05, 0) is 17.7 Å². The van der Waals surface area contributed by atoms with Gasteiger partial charge in [-0.2, -0.15) is 0 Å². The van der Waals surface area contributed by atoms with Crippen molar-refractivity contribution in [2.75, 3.05) is 0 Å². The Morgan fingerprint density at radius 2 is 1.82 bits per heavy atom. The Labute approximate surface area is 127 Å². The fourth-order valence-corrected chi connectivity index (χ4v) is 2.01. The number of para-hydroxylation sites is 2. The van der Waals surface area contributed by atoms with Crippen LogP contribution in [0.5, 0.6) is 5.75 Å². The second-order valence-corrected chi connectivity index (χ2v) is 4.71. The third-order valence-electron chi connectivity index (χ3n) is 3.15. The molecule has 3 aromatic rings. The molecule has 1 amide bonds. The quantitative estimate of drug-likeness (QED) is 0.770. The molecule has 0 bridgehead atoms. The lowest BCUT2D eigenvalue weighted by atomic mass is 10.2. The minimum Gasteiger partial charge on any atom is -0.506 e. The lowest BCUT2D eigenvalue weighted by Crippen LogP contribution is -2.23. The van der Waals surface area contributed by atoms with Crippen LogP contribution < -0.4 is 5.32 Å². The maximum Gasteiger partial charge on any atom is 0.273 e. The summed E-state index contributed by atoms with van der Waals surface area (Å²) in [6.07, 6.45) is 1.48. The predicted molar refractivity (Wildman–Crippen MR) is 80.6 cm³/mol. The van der Waals surface area contributed by atoms with Crippen LogP contribution in [0.2, 0.25) is 0 Å². The summed E-state index contributed by atoms with van der Waals surface area (Å²) >= 11 is 0. The molecule has 6 heteroatoms. The van der Waals surface area contributed by atoms with E-state index in [4.69, 9.17) is 0 Å². The van der Waals surface area contributed by atoms with Gasteiger partial charge in [0.2, 0.25) is 0 Å². The van der Waals surface area contributed by atoms with Gasteiger partial charge >= 0.3 is 0 Å². The molecule has 0 aliphatic rings. The average Bonchev–Trinajstić information content (AvgIpc) is 3.04. The Balaban J connectivity index is 1.71. The van der Waals surface area contributed by atoms with Gasteiger partial charge in [-0.1, -0.05) is 47.7 Å². The molecule has 0 unspecified atom stereocenters. The minimum atomic E-state index is -0.314. The molecule has 6 nitrogen and oxygen atoms in total. The van der Waals surface area contributed by atoms with Crippen LogP contribution in [0, 0.1) is 0 Å². The fraction of sp³-hybridized carbons (Fsp3) is 0.0625. The van der Waals surface area contributed by atoms with Crippen LogP contribution in [0.3, 0.4) is 0 Å². The number of carbonyl (C=O) groups is 1. The number of hydrogen-bond donors (Lipinski definition) is 2. The number of phenolic OH excluding ortho intramolecular Hbond substituents is 1. The molecule has 0 aliphatic heterocycles. The molecule has 0 fully saturated rings. The number of phenols is 1. The number of benzene rings is 2. The first-order valence-electron chi connectivity index (χ1n) is 6.77. The van der Waals surface area contributed by atoms with Crippen molar-refractivity contribution in [3.05, 3.63) is 72.1 Å². The molecule has 2 N–H and O–H groups in total. The van der Waals surface area contributed by atoms with Gasteiger partial charge in [0.05, 0.1) is 6.20 Å². The largest absolute Gasteiger partial charge is 0.506 e. The van der Waals surface area contributed by atoms with Gasteiger partial charge in [0.15, 0.2) is 5.69 Å². The van der Waals surface area contributed by atoms with Crippen LogP contribution in [0.4, 0.5) is 0 Å². The second kappa shape index (κ2) is 6.09. The van der Waals surface area contributed by atoms with E-state index in [1.165, 1.54) is 10.9 Å². The van der Waals surface area contributed by atoms with Crippen LogP contribution >= 0.6 is 0 Å². The van der Waals surface area contributed by atoms with Crippen molar-refractivity contribution >= 4 is 5.91 Å². The molecular formula is C16H14N4O2. The number of rotatable bonds is 4. The summed E-state index contributed by atoms with van der Waals surface area (Å²) < 4.78 is 1.37. The Morgan fingerprint density at radius 1 is 1.09 bits per heavy atom. The summed E-state index contributed by atoms with van der Waals surface area (Å²) in [5.74, 6) is -0.242. The van der Waals surface area contributed by atoms with Gasteiger partial charge in [-0.3, -0.25) is 4.79 Å². The minimum absolute atomic E-state index is 0.0728. The standard InChI is InChI=1S/C16H14N4O2/c21-15-9-5-4-8-14(15)20-11-13(18-19-20)16(22)17-10-12-6-2-1-3-7-12/h1-9,11,21H,10H2,(H,17,22). The lowest BCUT2D eigenvalue weighted by molar-refractivity contribution is 0.0946. The topological polar surface area (TPSA) is 80.0 Å². The van der Waals surface area contributed by atoms with E-state index < -0.39 is 0 Å². The molecule has 0 aliphatic carbocycles. The zero-order valence-corrected chi connectivity index (χ0v) is 11.7. The smallest absolute Gasteiger partial charge is 0.273 e. The van der Waals surface area contributed by atoms with Crippen molar-refractivity contribution in [1.82, 2.24) is 20.3 Å². The lowest BCUT2D eigenvalue weighted by Gasteiger charge is -2.03. The van der Waals surface area contributed by atoms with Crippen LogP contribution in [0.15, 0.2) is 60.8 Å². The molecule has 0 saturated heterocycles. The third kappa shape index (κ3) is 2.95. The molecule has 0 spiro atoms.